The lowest BCUT2D eigenvalue weighted by Gasteiger charge is -2.10. The molecule has 0 atom stereocenters. The Kier molecular flexibility index (Phi) is 5.96. The summed E-state index contributed by atoms with van der Waals surface area (Å²) < 4.78 is 43.2. The summed E-state index contributed by atoms with van der Waals surface area (Å²) in [5.74, 6) is -4.63. The second kappa shape index (κ2) is 8.90. The van der Waals surface area contributed by atoms with E-state index in [4.69, 9.17) is 11.0 Å². The number of aryl methyl sites for hydroxylation is 1. The van der Waals surface area contributed by atoms with Crippen LogP contribution < -0.4 is 11.1 Å². The third kappa shape index (κ3) is 4.41. The van der Waals surface area contributed by atoms with Gasteiger partial charge < -0.3 is 11.1 Å². The lowest BCUT2D eigenvalue weighted by Crippen LogP contribution is -2.18. The van der Waals surface area contributed by atoms with Crippen molar-refractivity contribution in [2.45, 2.75) is 20.4 Å². The second-order valence-electron chi connectivity index (χ2n) is 7.78. The molecule has 0 saturated heterocycles. The van der Waals surface area contributed by atoms with Crippen molar-refractivity contribution in [1.29, 1.82) is 5.26 Å². The van der Waals surface area contributed by atoms with E-state index in [9.17, 15) is 22.8 Å². The molecule has 0 aliphatic heterocycles. The van der Waals surface area contributed by atoms with Gasteiger partial charge in [-0.2, -0.15) is 10.4 Å². The van der Waals surface area contributed by atoms with Gasteiger partial charge in [-0.3, -0.25) is 14.3 Å². The zero-order valence-electron chi connectivity index (χ0n) is 18.5. The Morgan fingerprint density at radius 2 is 1.80 bits per heavy atom. The lowest BCUT2D eigenvalue weighted by atomic mass is 10.1. The van der Waals surface area contributed by atoms with Crippen molar-refractivity contribution in [3.63, 3.8) is 0 Å². The number of nitriles is 1. The van der Waals surface area contributed by atoms with Crippen LogP contribution in [0.5, 0.6) is 0 Å². The van der Waals surface area contributed by atoms with Gasteiger partial charge in [0.1, 0.15) is 11.5 Å². The molecule has 2 amide bonds. The summed E-state index contributed by atoms with van der Waals surface area (Å²) in [6.45, 7) is 3.35. The van der Waals surface area contributed by atoms with Crippen molar-refractivity contribution in [2.24, 2.45) is 5.73 Å². The highest BCUT2D eigenvalue weighted by Crippen LogP contribution is 2.25. The van der Waals surface area contributed by atoms with Crippen molar-refractivity contribution in [2.75, 3.05) is 5.32 Å². The van der Waals surface area contributed by atoms with Crippen LogP contribution in [0.15, 0.2) is 36.4 Å². The fourth-order valence-electron chi connectivity index (χ4n) is 3.66. The number of aromatic nitrogens is 3. The smallest absolute Gasteiger partial charge is 0.274 e. The number of benzene rings is 2. The molecule has 176 valence electrons. The van der Waals surface area contributed by atoms with E-state index >= 15 is 0 Å². The van der Waals surface area contributed by atoms with Gasteiger partial charge in [0.2, 0.25) is 5.91 Å². The Balaban J connectivity index is 1.67. The normalized spacial score (nSPS) is 10.9. The number of hydrogen-bond acceptors (Lipinski definition) is 5. The lowest BCUT2D eigenvalue weighted by molar-refractivity contribution is 0.100. The molecule has 4 aromatic rings. The number of amides is 2. The minimum atomic E-state index is -1.19. The van der Waals surface area contributed by atoms with Crippen LogP contribution in [0.4, 0.5) is 18.9 Å². The van der Waals surface area contributed by atoms with Crippen LogP contribution in [0.25, 0.3) is 10.9 Å². The van der Waals surface area contributed by atoms with E-state index in [1.165, 1.54) is 16.8 Å². The third-order valence-electron chi connectivity index (χ3n) is 5.47. The van der Waals surface area contributed by atoms with Crippen LogP contribution in [0.1, 0.15) is 43.4 Å². The molecule has 4 rings (SSSR count). The number of pyridine rings is 1. The Bertz CT molecular complexity index is 1570. The summed E-state index contributed by atoms with van der Waals surface area (Å²) in [5.41, 5.74) is 6.55. The van der Waals surface area contributed by atoms with E-state index in [1.54, 1.807) is 13.8 Å². The number of halogens is 3. The Morgan fingerprint density at radius 1 is 1.09 bits per heavy atom. The minimum Gasteiger partial charge on any atom is -0.366 e. The van der Waals surface area contributed by atoms with Gasteiger partial charge in [0.25, 0.3) is 5.91 Å². The van der Waals surface area contributed by atoms with Crippen LogP contribution in [-0.4, -0.2) is 26.6 Å². The van der Waals surface area contributed by atoms with E-state index in [1.807, 2.05) is 6.07 Å². The number of primary amides is 1. The highest BCUT2D eigenvalue weighted by atomic mass is 19.2. The van der Waals surface area contributed by atoms with E-state index < -0.39 is 29.3 Å². The van der Waals surface area contributed by atoms with Crippen LogP contribution >= 0.6 is 0 Å². The number of hydrogen-bond donors (Lipinski definition) is 2. The van der Waals surface area contributed by atoms with Gasteiger partial charge >= 0.3 is 0 Å². The largest absolute Gasteiger partial charge is 0.366 e. The summed E-state index contributed by atoms with van der Waals surface area (Å²) in [5, 5.41) is 15.9. The molecule has 11 heteroatoms. The molecule has 0 spiro atoms. The molecular weight excluding hydrogens is 461 g/mol. The van der Waals surface area contributed by atoms with Gasteiger partial charge in [0, 0.05) is 17.0 Å². The van der Waals surface area contributed by atoms with E-state index in [0.717, 1.165) is 24.3 Å². The van der Waals surface area contributed by atoms with Gasteiger partial charge in [-0.25, -0.2) is 18.2 Å². The molecule has 0 aliphatic carbocycles. The number of nitrogens with two attached hydrogens (primary N) is 1. The van der Waals surface area contributed by atoms with Gasteiger partial charge in [-0.15, -0.1) is 0 Å². The first-order valence-corrected chi connectivity index (χ1v) is 10.2. The van der Waals surface area contributed by atoms with Crippen molar-refractivity contribution >= 4 is 28.4 Å². The molecule has 2 aromatic heterocycles. The molecule has 0 bridgehead atoms. The third-order valence-corrected chi connectivity index (χ3v) is 5.47. The van der Waals surface area contributed by atoms with E-state index in [2.05, 4.69) is 15.4 Å². The summed E-state index contributed by atoms with van der Waals surface area (Å²) in [7, 11) is 0. The van der Waals surface area contributed by atoms with Gasteiger partial charge in [0.15, 0.2) is 11.6 Å². The monoisotopic (exact) mass is 478 g/mol. The summed E-state index contributed by atoms with van der Waals surface area (Å²) in [6.07, 6.45) is 0. The first-order valence-electron chi connectivity index (χ1n) is 10.2. The molecular formula is C24H17F3N6O2. The fraction of sp³-hybridized carbons (Fsp3) is 0.125. The fourth-order valence-corrected chi connectivity index (χ4v) is 3.66. The zero-order valence-corrected chi connectivity index (χ0v) is 18.5. The molecule has 0 fully saturated rings. The highest BCUT2D eigenvalue weighted by molar-refractivity contribution is 6.10. The number of nitrogens with zero attached hydrogens (tertiary/aromatic N) is 4. The maximum absolute atomic E-state index is 14.3. The van der Waals surface area contributed by atoms with Gasteiger partial charge in [-0.05, 0) is 38.1 Å². The maximum atomic E-state index is 14.3. The number of carbonyl (C=O) groups excluding carboxylic acids is 2. The summed E-state index contributed by atoms with van der Waals surface area (Å²) in [4.78, 5) is 28.9. The predicted molar refractivity (Wildman–Crippen MR) is 120 cm³/mol. The molecule has 0 aliphatic rings. The molecule has 3 N–H and O–H groups in total. The topological polar surface area (TPSA) is 127 Å². The molecule has 8 nitrogen and oxygen atoms in total. The van der Waals surface area contributed by atoms with E-state index in [-0.39, 0.29) is 34.3 Å². The predicted octanol–water partition coefficient (Wildman–Crippen LogP) is 3.74. The number of anilines is 1. The van der Waals surface area contributed by atoms with Crippen molar-refractivity contribution in [3.05, 3.63) is 87.6 Å². The quantitative estimate of drug-likeness (QED) is 0.452. The summed E-state index contributed by atoms with van der Waals surface area (Å²) >= 11 is 0. The van der Waals surface area contributed by atoms with Crippen molar-refractivity contribution < 1.29 is 22.8 Å². The van der Waals surface area contributed by atoms with Crippen LogP contribution in [0, 0.1) is 42.6 Å². The average Bonchev–Trinajstić information content (AvgIpc) is 3.07. The van der Waals surface area contributed by atoms with Crippen molar-refractivity contribution in [1.82, 2.24) is 14.8 Å². The van der Waals surface area contributed by atoms with Gasteiger partial charge in [0.05, 0.1) is 46.3 Å². The Labute approximate surface area is 196 Å². The summed E-state index contributed by atoms with van der Waals surface area (Å²) in [6, 6.07) is 8.62. The number of carbonyl (C=O) groups is 2. The standard InChI is InChI=1S/C24H17F3N6O2/c1-11-22(12(2)33(32-11)10-14-4-3-13(9-28)5-17(14)25)31-24(35)21-7-16(23(29)34)15-6-18(26)19(27)8-20(15)30-21/h3-8H,10H2,1-2H3,(H2,29,34)(H,31,35). The first kappa shape index (κ1) is 23.4. The Morgan fingerprint density at radius 3 is 2.46 bits per heavy atom. The SMILES string of the molecule is Cc1nn(Cc2ccc(C#N)cc2F)c(C)c1NC(=O)c1cc(C(N)=O)c2cc(F)c(F)cc2n1. The Hall–Kier alpha value is -4.72. The number of fused-ring (bicyclic) bond motifs is 1. The molecule has 0 saturated carbocycles. The van der Waals surface area contributed by atoms with E-state index in [0.29, 0.717) is 22.6 Å². The minimum absolute atomic E-state index is 0.0300. The molecule has 0 radical (unpaired) electrons. The molecule has 0 unspecified atom stereocenters. The molecule has 2 aromatic carbocycles. The van der Waals surface area contributed by atoms with Crippen molar-refractivity contribution in [3.8, 4) is 6.07 Å². The molecule has 35 heavy (non-hydrogen) atoms. The zero-order chi connectivity index (χ0) is 25.4. The first-order chi connectivity index (χ1) is 16.6. The highest BCUT2D eigenvalue weighted by Gasteiger charge is 2.20. The number of rotatable bonds is 5. The van der Waals surface area contributed by atoms with Crippen LogP contribution in [-0.2, 0) is 6.54 Å². The molecule has 2 heterocycles. The van der Waals surface area contributed by atoms with Crippen LogP contribution in [0.3, 0.4) is 0 Å². The van der Waals surface area contributed by atoms with Crippen LogP contribution in [0.2, 0.25) is 0 Å². The average molecular weight is 478 g/mol. The number of nitrogens with one attached hydrogen (secondary N) is 1. The maximum Gasteiger partial charge on any atom is 0.274 e. The van der Waals surface area contributed by atoms with Gasteiger partial charge in [-0.1, -0.05) is 6.07 Å². The second-order valence-corrected chi connectivity index (χ2v) is 7.78.